The van der Waals surface area contributed by atoms with Crippen LogP contribution in [0.25, 0.3) is 0 Å². The maximum atomic E-state index is 13.1. The first-order chi connectivity index (χ1) is 8.66. The molecule has 2 N–H and O–H groups in total. The Hall–Kier alpha value is -1.39. The van der Waals surface area contributed by atoms with E-state index in [4.69, 9.17) is 10.5 Å². The van der Waals surface area contributed by atoms with Crippen LogP contribution < -0.4 is 10.5 Å². The van der Waals surface area contributed by atoms with Crippen molar-refractivity contribution in [1.29, 1.82) is 0 Å². The van der Waals surface area contributed by atoms with Crippen LogP contribution in [0.4, 0.5) is 4.39 Å². The van der Waals surface area contributed by atoms with Gasteiger partial charge in [-0.25, -0.2) is 4.39 Å². The van der Waals surface area contributed by atoms with Crippen molar-refractivity contribution in [2.24, 2.45) is 5.73 Å². The Morgan fingerprint density at radius 3 is 2.89 bits per heavy atom. The summed E-state index contributed by atoms with van der Waals surface area (Å²) in [6.07, 6.45) is 0.846. The summed E-state index contributed by atoms with van der Waals surface area (Å²) >= 11 is 1.67. The Morgan fingerprint density at radius 1 is 1.39 bits per heavy atom. The molecule has 1 atom stereocenters. The second-order valence-corrected chi connectivity index (χ2v) is 4.98. The molecule has 1 heterocycles. The fourth-order valence-corrected chi connectivity index (χ4v) is 2.42. The lowest BCUT2D eigenvalue weighted by Gasteiger charge is -2.13. The van der Waals surface area contributed by atoms with Gasteiger partial charge in [-0.15, -0.1) is 0 Å². The van der Waals surface area contributed by atoms with Crippen molar-refractivity contribution in [3.05, 3.63) is 52.0 Å². The van der Waals surface area contributed by atoms with E-state index in [9.17, 15) is 4.39 Å². The van der Waals surface area contributed by atoms with Gasteiger partial charge in [0.2, 0.25) is 0 Å². The number of nitrogens with two attached hydrogens (primary N) is 1. The third-order valence-electron chi connectivity index (χ3n) is 2.69. The predicted octanol–water partition coefficient (Wildman–Crippen LogP) is 3.53. The summed E-state index contributed by atoms with van der Waals surface area (Å²) in [6.45, 7) is 2.39. The second kappa shape index (κ2) is 5.98. The Morgan fingerprint density at radius 2 is 2.22 bits per heavy atom. The van der Waals surface area contributed by atoms with Gasteiger partial charge in [-0.3, -0.25) is 0 Å². The zero-order valence-electron chi connectivity index (χ0n) is 10.2. The molecule has 0 aliphatic rings. The molecule has 0 amide bonds. The molecule has 1 aromatic heterocycles. The molecule has 2 rings (SSSR count). The highest BCUT2D eigenvalue weighted by Crippen LogP contribution is 2.24. The van der Waals surface area contributed by atoms with Crippen LogP contribution in [0.2, 0.25) is 0 Å². The zero-order chi connectivity index (χ0) is 13.0. The highest BCUT2D eigenvalue weighted by atomic mass is 32.1. The van der Waals surface area contributed by atoms with Crippen molar-refractivity contribution in [2.75, 3.05) is 6.61 Å². The molecule has 0 fully saturated rings. The molecule has 0 spiro atoms. The molecule has 0 bridgehead atoms. The molecule has 2 nitrogen and oxygen atoms in total. The Labute approximate surface area is 110 Å². The zero-order valence-corrected chi connectivity index (χ0v) is 11.0. The van der Waals surface area contributed by atoms with Crippen LogP contribution in [0.15, 0.2) is 35.0 Å². The SMILES string of the molecule is CC(N)c1cc(F)ccc1OCCc1ccsc1. The van der Waals surface area contributed by atoms with Gasteiger partial charge in [0.05, 0.1) is 6.61 Å². The number of ether oxygens (including phenoxy) is 1. The molecule has 0 aliphatic heterocycles. The molecule has 1 aromatic carbocycles. The van der Waals surface area contributed by atoms with Crippen LogP contribution in [0.5, 0.6) is 5.75 Å². The van der Waals surface area contributed by atoms with Crippen molar-refractivity contribution >= 4 is 11.3 Å². The summed E-state index contributed by atoms with van der Waals surface area (Å²) in [5.74, 6) is 0.383. The van der Waals surface area contributed by atoms with E-state index in [2.05, 4.69) is 11.4 Å². The van der Waals surface area contributed by atoms with E-state index >= 15 is 0 Å². The number of rotatable bonds is 5. The van der Waals surface area contributed by atoms with Crippen LogP contribution in [0.1, 0.15) is 24.1 Å². The molecule has 0 radical (unpaired) electrons. The van der Waals surface area contributed by atoms with E-state index in [1.807, 2.05) is 12.3 Å². The highest BCUT2D eigenvalue weighted by molar-refractivity contribution is 7.07. The first-order valence-corrected chi connectivity index (χ1v) is 6.80. The standard InChI is InChI=1S/C14H16FNOS/c1-10(16)13-8-12(15)2-3-14(13)17-6-4-11-5-7-18-9-11/h2-3,5,7-10H,4,6,16H2,1H3. The normalized spacial score (nSPS) is 12.4. The van der Waals surface area contributed by atoms with Gasteiger partial charge in [0.25, 0.3) is 0 Å². The number of hydrogen-bond acceptors (Lipinski definition) is 3. The minimum atomic E-state index is -0.285. The maximum absolute atomic E-state index is 13.1. The highest BCUT2D eigenvalue weighted by Gasteiger charge is 2.09. The lowest BCUT2D eigenvalue weighted by molar-refractivity contribution is 0.316. The lowest BCUT2D eigenvalue weighted by atomic mass is 10.1. The first-order valence-electron chi connectivity index (χ1n) is 5.85. The third kappa shape index (κ3) is 3.31. The van der Waals surface area contributed by atoms with Gasteiger partial charge in [-0.2, -0.15) is 11.3 Å². The summed E-state index contributed by atoms with van der Waals surface area (Å²) in [4.78, 5) is 0. The number of thiophene rings is 1. The van der Waals surface area contributed by atoms with Gasteiger partial charge < -0.3 is 10.5 Å². The minimum absolute atomic E-state index is 0.239. The minimum Gasteiger partial charge on any atom is -0.493 e. The van der Waals surface area contributed by atoms with Gasteiger partial charge in [0, 0.05) is 18.0 Å². The Kier molecular flexibility index (Phi) is 4.33. The smallest absolute Gasteiger partial charge is 0.124 e. The summed E-state index contributed by atoms with van der Waals surface area (Å²) in [7, 11) is 0. The van der Waals surface area contributed by atoms with Gasteiger partial charge in [0.15, 0.2) is 0 Å². The van der Waals surface area contributed by atoms with Crippen molar-refractivity contribution in [1.82, 2.24) is 0 Å². The van der Waals surface area contributed by atoms with E-state index in [0.717, 1.165) is 6.42 Å². The average molecular weight is 265 g/mol. The quantitative estimate of drug-likeness (QED) is 0.897. The Bertz CT molecular complexity index is 497. The topological polar surface area (TPSA) is 35.2 Å². The lowest BCUT2D eigenvalue weighted by Crippen LogP contribution is -2.10. The molecule has 0 saturated heterocycles. The van der Waals surface area contributed by atoms with Crippen molar-refractivity contribution < 1.29 is 9.13 Å². The van der Waals surface area contributed by atoms with Crippen LogP contribution in [-0.2, 0) is 6.42 Å². The van der Waals surface area contributed by atoms with Gasteiger partial charge in [-0.05, 0) is 47.5 Å². The van der Waals surface area contributed by atoms with Crippen molar-refractivity contribution in [3.63, 3.8) is 0 Å². The average Bonchev–Trinajstić information content (AvgIpc) is 2.84. The largest absolute Gasteiger partial charge is 0.493 e. The number of halogens is 1. The summed E-state index contributed by atoms with van der Waals surface area (Å²) in [5, 5.41) is 4.14. The van der Waals surface area contributed by atoms with Crippen LogP contribution in [0.3, 0.4) is 0 Å². The molecule has 18 heavy (non-hydrogen) atoms. The number of benzene rings is 1. The van der Waals surface area contributed by atoms with Gasteiger partial charge in [-0.1, -0.05) is 0 Å². The molecule has 1 unspecified atom stereocenters. The molecule has 0 saturated carbocycles. The van der Waals surface area contributed by atoms with Gasteiger partial charge >= 0.3 is 0 Å². The van der Waals surface area contributed by atoms with Crippen molar-refractivity contribution in [3.8, 4) is 5.75 Å². The fourth-order valence-electron chi connectivity index (χ4n) is 1.72. The monoisotopic (exact) mass is 265 g/mol. The molecular formula is C14H16FNOS. The summed E-state index contributed by atoms with van der Waals surface area (Å²) < 4.78 is 18.8. The molecule has 4 heteroatoms. The van der Waals surface area contributed by atoms with E-state index in [1.54, 1.807) is 17.4 Å². The van der Waals surface area contributed by atoms with Crippen LogP contribution in [-0.4, -0.2) is 6.61 Å². The van der Waals surface area contributed by atoms with Crippen molar-refractivity contribution in [2.45, 2.75) is 19.4 Å². The fraction of sp³-hybridized carbons (Fsp3) is 0.286. The second-order valence-electron chi connectivity index (χ2n) is 4.20. The summed E-state index contributed by atoms with van der Waals surface area (Å²) in [6, 6.07) is 6.31. The molecule has 96 valence electrons. The van der Waals surface area contributed by atoms with Gasteiger partial charge in [0.1, 0.15) is 11.6 Å². The maximum Gasteiger partial charge on any atom is 0.124 e. The molecular weight excluding hydrogens is 249 g/mol. The van der Waals surface area contributed by atoms with E-state index in [1.165, 1.54) is 17.7 Å². The first kappa shape index (κ1) is 13.1. The molecule has 0 aliphatic carbocycles. The molecule has 2 aromatic rings. The van der Waals surface area contributed by atoms with Crippen LogP contribution in [0, 0.1) is 5.82 Å². The Balaban J connectivity index is 2.00. The van der Waals surface area contributed by atoms with E-state index in [-0.39, 0.29) is 11.9 Å². The number of hydrogen-bond donors (Lipinski definition) is 1. The van der Waals surface area contributed by atoms with Crippen LogP contribution >= 0.6 is 11.3 Å². The predicted molar refractivity (Wildman–Crippen MR) is 72.5 cm³/mol. The summed E-state index contributed by atoms with van der Waals surface area (Å²) in [5.41, 5.74) is 7.77. The van der Waals surface area contributed by atoms with E-state index in [0.29, 0.717) is 17.9 Å². The third-order valence-corrected chi connectivity index (χ3v) is 3.42. The van der Waals surface area contributed by atoms with E-state index < -0.39 is 0 Å².